The van der Waals surface area contributed by atoms with Crippen LogP contribution in [0.5, 0.6) is 0 Å². The van der Waals surface area contributed by atoms with Crippen LogP contribution in [0.15, 0.2) is 65.8 Å². The van der Waals surface area contributed by atoms with E-state index in [2.05, 4.69) is 84.9 Å². The maximum Gasteiger partial charge on any atom is 0.220 e. The number of anilines is 1. The third-order valence-corrected chi connectivity index (χ3v) is 7.22. The summed E-state index contributed by atoms with van der Waals surface area (Å²) in [5, 5.41) is 7.31. The molecule has 0 unspecified atom stereocenters. The normalized spacial score (nSPS) is 11.6. The minimum Gasteiger partial charge on any atom is -0.399 e. The van der Waals surface area contributed by atoms with Gasteiger partial charge in [-0.2, -0.15) is 4.57 Å². The number of nitrogens with two attached hydrogens (primary N) is 1. The number of fused-ring (bicyclic) bond motifs is 3. The molecule has 0 saturated carbocycles. The average Bonchev–Trinajstić information content (AvgIpc) is 2.84. The van der Waals surface area contributed by atoms with Crippen molar-refractivity contribution in [3.8, 4) is 11.3 Å². The molecule has 0 bridgehead atoms. The van der Waals surface area contributed by atoms with E-state index in [1.807, 2.05) is 18.2 Å². The number of hydrogen-bond acceptors (Lipinski definition) is 2. The first-order valence-electron chi connectivity index (χ1n) is 12.0. The van der Waals surface area contributed by atoms with Crippen LogP contribution in [0.1, 0.15) is 25.8 Å². The SMILES string of the molecule is CC[N+](C)(CC)CCC[n+]1c(-c2ccc(C)cc2)c2cc(N)ccc2c2ccc(N=[N+]=[N-])cc21. The molecule has 6 nitrogen and oxygen atoms in total. The maximum atomic E-state index is 9.04. The zero-order valence-electron chi connectivity index (χ0n) is 20.6. The van der Waals surface area contributed by atoms with Crippen molar-refractivity contribution in [2.45, 2.75) is 33.7 Å². The lowest BCUT2D eigenvalue weighted by Gasteiger charge is -2.31. The second-order valence-corrected chi connectivity index (χ2v) is 9.39. The molecule has 0 saturated heterocycles. The van der Waals surface area contributed by atoms with Crippen LogP contribution < -0.4 is 10.3 Å². The maximum absolute atomic E-state index is 9.04. The molecular weight excluding hydrogens is 420 g/mol. The van der Waals surface area contributed by atoms with E-state index in [1.54, 1.807) is 0 Å². The van der Waals surface area contributed by atoms with Crippen molar-refractivity contribution in [1.82, 2.24) is 0 Å². The average molecular weight is 455 g/mol. The minimum absolute atomic E-state index is 0.621. The summed E-state index contributed by atoms with van der Waals surface area (Å²) >= 11 is 0. The van der Waals surface area contributed by atoms with Gasteiger partial charge in [0.2, 0.25) is 11.2 Å². The number of aryl methyl sites for hydroxylation is 2. The van der Waals surface area contributed by atoms with Gasteiger partial charge in [0.25, 0.3) is 0 Å². The first-order chi connectivity index (χ1) is 16.4. The van der Waals surface area contributed by atoms with Crippen molar-refractivity contribution in [3.63, 3.8) is 0 Å². The molecule has 1 heterocycles. The van der Waals surface area contributed by atoms with Gasteiger partial charge in [0.1, 0.15) is 0 Å². The van der Waals surface area contributed by atoms with Crippen LogP contribution in [-0.4, -0.2) is 31.2 Å². The Bertz CT molecular complexity index is 1380. The highest BCUT2D eigenvalue weighted by atomic mass is 15.3. The Kier molecular flexibility index (Phi) is 6.73. The Balaban J connectivity index is 2.02. The second-order valence-electron chi connectivity index (χ2n) is 9.39. The molecule has 174 valence electrons. The third-order valence-electron chi connectivity index (χ3n) is 7.22. The van der Waals surface area contributed by atoms with Crippen LogP contribution in [0.2, 0.25) is 0 Å². The fourth-order valence-corrected chi connectivity index (χ4v) is 4.75. The quantitative estimate of drug-likeness (QED) is 0.0604. The molecule has 2 N–H and O–H groups in total. The van der Waals surface area contributed by atoms with Gasteiger partial charge < -0.3 is 10.2 Å². The summed E-state index contributed by atoms with van der Waals surface area (Å²) in [6, 6.07) is 20.8. The molecule has 0 aliphatic heterocycles. The van der Waals surface area contributed by atoms with Gasteiger partial charge in [0.05, 0.1) is 43.9 Å². The topological polar surface area (TPSA) is 78.7 Å². The van der Waals surface area contributed by atoms with Crippen molar-refractivity contribution in [3.05, 3.63) is 76.7 Å². The molecule has 0 aliphatic rings. The van der Waals surface area contributed by atoms with Gasteiger partial charge in [-0.15, -0.1) is 0 Å². The van der Waals surface area contributed by atoms with Crippen LogP contribution >= 0.6 is 0 Å². The number of azide groups is 1. The summed E-state index contributed by atoms with van der Waals surface area (Å²) in [5.41, 5.74) is 21.3. The van der Waals surface area contributed by atoms with Crippen LogP contribution in [0.3, 0.4) is 0 Å². The summed E-state index contributed by atoms with van der Waals surface area (Å²) in [7, 11) is 2.32. The van der Waals surface area contributed by atoms with Crippen LogP contribution in [0.25, 0.3) is 43.4 Å². The van der Waals surface area contributed by atoms with Gasteiger partial charge in [-0.1, -0.05) is 34.9 Å². The minimum atomic E-state index is 0.621. The molecule has 4 rings (SSSR count). The summed E-state index contributed by atoms with van der Waals surface area (Å²) < 4.78 is 3.44. The highest BCUT2D eigenvalue weighted by Crippen LogP contribution is 2.34. The summed E-state index contributed by atoms with van der Waals surface area (Å²) in [6.07, 6.45) is 1.04. The molecule has 1 aromatic heterocycles. The number of rotatable bonds is 8. The molecule has 0 radical (unpaired) electrons. The number of nitrogen functional groups attached to an aromatic ring is 1. The highest BCUT2D eigenvalue weighted by molar-refractivity contribution is 6.10. The Hall–Kier alpha value is -3.60. The van der Waals surface area contributed by atoms with Crippen molar-refractivity contribution in [1.29, 1.82) is 0 Å². The molecule has 0 aliphatic carbocycles. The van der Waals surface area contributed by atoms with Gasteiger partial charge >= 0.3 is 0 Å². The fourth-order valence-electron chi connectivity index (χ4n) is 4.75. The zero-order valence-corrected chi connectivity index (χ0v) is 20.6. The summed E-state index contributed by atoms with van der Waals surface area (Å²) in [5.74, 6) is 0. The van der Waals surface area contributed by atoms with E-state index < -0.39 is 0 Å². The number of nitrogens with zero attached hydrogens (tertiary/aromatic N) is 5. The lowest BCUT2D eigenvalue weighted by Crippen LogP contribution is -2.46. The third kappa shape index (κ3) is 4.56. The first kappa shape index (κ1) is 23.6. The van der Waals surface area contributed by atoms with Crippen molar-refractivity contribution < 1.29 is 9.05 Å². The molecule has 0 fully saturated rings. The van der Waals surface area contributed by atoms with Crippen LogP contribution in [-0.2, 0) is 6.54 Å². The van der Waals surface area contributed by atoms with Gasteiger partial charge in [-0.25, -0.2) is 0 Å². The predicted molar refractivity (Wildman–Crippen MR) is 142 cm³/mol. The Labute approximate surface area is 201 Å². The molecule has 4 aromatic rings. The molecule has 0 spiro atoms. The Morgan fingerprint density at radius 1 is 0.941 bits per heavy atom. The molecular formula is C28H34N6+2. The smallest absolute Gasteiger partial charge is 0.220 e. The molecule has 3 aromatic carbocycles. The summed E-state index contributed by atoms with van der Waals surface area (Å²) in [4.78, 5) is 3.02. The van der Waals surface area contributed by atoms with Crippen LogP contribution in [0, 0.1) is 6.92 Å². The lowest BCUT2D eigenvalue weighted by molar-refractivity contribution is -0.908. The van der Waals surface area contributed by atoms with Gasteiger partial charge in [0.15, 0.2) is 6.54 Å². The van der Waals surface area contributed by atoms with Gasteiger partial charge in [-0.3, -0.25) is 0 Å². The van der Waals surface area contributed by atoms with E-state index in [-0.39, 0.29) is 0 Å². The van der Waals surface area contributed by atoms with Crippen molar-refractivity contribution in [2.24, 2.45) is 5.11 Å². The van der Waals surface area contributed by atoms with E-state index in [0.717, 1.165) is 75.7 Å². The summed E-state index contributed by atoms with van der Waals surface area (Å²) in [6.45, 7) is 10.8. The second kappa shape index (κ2) is 9.72. The highest BCUT2D eigenvalue weighted by Gasteiger charge is 2.25. The fraction of sp³-hybridized carbons (Fsp3) is 0.321. The van der Waals surface area contributed by atoms with E-state index in [0.29, 0.717) is 5.69 Å². The largest absolute Gasteiger partial charge is 0.399 e. The van der Waals surface area contributed by atoms with E-state index in [1.165, 1.54) is 5.56 Å². The first-order valence-corrected chi connectivity index (χ1v) is 12.0. The standard InChI is InChI=1S/C28H34N6/c1-5-34(4,6-2)17-7-16-33-27-19-23(31-32-30)13-15-25(27)24-14-12-22(29)18-26(24)28(33)21-10-8-20(3)9-11-21/h8-15,18-19H,5-7,16-17,29H2,1-4H3/q+2. The number of benzene rings is 3. The van der Waals surface area contributed by atoms with Crippen molar-refractivity contribution >= 4 is 33.1 Å². The van der Waals surface area contributed by atoms with E-state index in [9.17, 15) is 0 Å². The molecule has 6 heteroatoms. The predicted octanol–water partition coefficient (Wildman–Crippen LogP) is 6.66. The van der Waals surface area contributed by atoms with Crippen molar-refractivity contribution in [2.75, 3.05) is 32.4 Å². The van der Waals surface area contributed by atoms with E-state index in [4.69, 9.17) is 11.3 Å². The van der Waals surface area contributed by atoms with E-state index >= 15 is 0 Å². The van der Waals surface area contributed by atoms with Gasteiger partial charge in [-0.05, 0) is 56.6 Å². The molecule has 0 amide bonds. The van der Waals surface area contributed by atoms with Crippen LogP contribution in [0.4, 0.5) is 11.4 Å². The number of aromatic nitrogens is 1. The lowest BCUT2D eigenvalue weighted by atomic mass is 9.97. The Morgan fingerprint density at radius 3 is 2.32 bits per heavy atom. The Morgan fingerprint density at radius 2 is 1.65 bits per heavy atom. The molecule has 34 heavy (non-hydrogen) atoms. The van der Waals surface area contributed by atoms with Gasteiger partial charge in [0, 0.05) is 33.3 Å². The molecule has 0 atom stereocenters. The number of pyridine rings is 1. The monoisotopic (exact) mass is 454 g/mol. The zero-order chi connectivity index (χ0) is 24.3. The number of quaternary nitrogens is 1. The number of hydrogen-bond donors (Lipinski definition) is 1.